The molecular weight excluding hydrogens is 416 g/mol. The highest BCUT2D eigenvalue weighted by molar-refractivity contribution is 7.89. The fraction of sp³-hybridized carbons (Fsp3) is 0.348. The summed E-state index contributed by atoms with van der Waals surface area (Å²) in [7, 11) is -3.54. The van der Waals surface area contributed by atoms with Crippen molar-refractivity contribution in [1.82, 2.24) is 9.21 Å². The van der Waals surface area contributed by atoms with Gasteiger partial charge in [0.2, 0.25) is 16.8 Å². The van der Waals surface area contributed by atoms with Gasteiger partial charge >= 0.3 is 0 Å². The van der Waals surface area contributed by atoms with Crippen molar-refractivity contribution in [2.45, 2.75) is 24.8 Å². The molecule has 7 nitrogen and oxygen atoms in total. The molecule has 2 aromatic carbocycles. The third-order valence-electron chi connectivity index (χ3n) is 5.50. The van der Waals surface area contributed by atoms with E-state index in [0.717, 1.165) is 29.2 Å². The minimum absolute atomic E-state index is 0.0373. The molecule has 2 aliphatic rings. The molecule has 0 atom stereocenters. The Morgan fingerprint density at radius 1 is 1.00 bits per heavy atom. The molecule has 0 aliphatic carbocycles. The number of sulfonamides is 1. The first kappa shape index (κ1) is 21.5. The van der Waals surface area contributed by atoms with Gasteiger partial charge in [-0.1, -0.05) is 31.2 Å². The zero-order chi connectivity index (χ0) is 21.8. The first-order valence-corrected chi connectivity index (χ1v) is 11.8. The molecule has 1 saturated heterocycles. The number of carbonyl (C=O) groups excluding carboxylic acids is 1. The Hall–Kier alpha value is -2.68. The van der Waals surface area contributed by atoms with Crippen LogP contribution in [0.1, 0.15) is 24.5 Å². The van der Waals surface area contributed by atoms with Crippen LogP contribution in [0.5, 0.6) is 11.5 Å². The van der Waals surface area contributed by atoms with Crippen LogP contribution in [0.4, 0.5) is 0 Å². The number of ether oxygens (including phenoxy) is 2. The maximum absolute atomic E-state index is 13.0. The molecule has 0 bridgehead atoms. The fourth-order valence-corrected chi connectivity index (χ4v) is 5.05. The predicted molar refractivity (Wildman–Crippen MR) is 117 cm³/mol. The standard InChI is InChI=1S/C23H26N2O5S/c1-2-20(26)7-3-18-4-8-21(9-5-18)31(27,28)25-13-11-24(12-14-25)16-19-6-10-22-23(15-19)30-17-29-22/h3-10,15H,2,11-14,16-17H2,1H3/b7-3+. The summed E-state index contributed by atoms with van der Waals surface area (Å²) >= 11 is 0. The van der Waals surface area contributed by atoms with Crippen LogP contribution in [0.25, 0.3) is 6.08 Å². The van der Waals surface area contributed by atoms with Crippen molar-refractivity contribution in [1.29, 1.82) is 0 Å². The summed E-state index contributed by atoms with van der Waals surface area (Å²) in [5.74, 6) is 1.56. The average Bonchev–Trinajstić information content (AvgIpc) is 3.26. The fourth-order valence-electron chi connectivity index (χ4n) is 3.63. The number of benzene rings is 2. The summed E-state index contributed by atoms with van der Waals surface area (Å²) < 4.78 is 38.3. The van der Waals surface area contributed by atoms with E-state index in [1.807, 2.05) is 18.2 Å². The van der Waals surface area contributed by atoms with E-state index >= 15 is 0 Å². The molecule has 2 heterocycles. The minimum Gasteiger partial charge on any atom is -0.454 e. The highest BCUT2D eigenvalue weighted by atomic mass is 32.2. The molecule has 1 fully saturated rings. The lowest BCUT2D eigenvalue weighted by Gasteiger charge is -2.34. The maximum atomic E-state index is 13.0. The average molecular weight is 443 g/mol. The first-order valence-electron chi connectivity index (χ1n) is 10.4. The number of allylic oxidation sites excluding steroid dienone is 1. The maximum Gasteiger partial charge on any atom is 0.243 e. The lowest BCUT2D eigenvalue weighted by Crippen LogP contribution is -2.48. The summed E-state index contributed by atoms with van der Waals surface area (Å²) in [6, 6.07) is 12.6. The monoisotopic (exact) mass is 442 g/mol. The Morgan fingerprint density at radius 2 is 1.71 bits per heavy atom. The number of piperazine rings is 1. The molecule has 0 radical (unpaired) electrons. The van der Waals surface area contributed by atoms with E-state index in [2.05, 4.69) is 4.90 Å². The molecule has 8 heteroatoms. The SMILES string of the molecule is CCC(=O)/C=C/c1ccc(S(=O)(=O)N2CCN(Cc3ccc4c(c3)OCO4)CC2)cc1. The number of hydrogen-bond acceptors (Lipinski definition) is 6. The van der Waals surface area contributed by atoms with Gasteiger partial charge in [0.25, 0.3) is 0 Å². The van der Waals surface area contributed by atoms with E-state index in [-0.39, 0.29) is 17.5 Å². The van der Waals surface area contributed by atoms with Crippen molar-refractivity contribution < 1.29 is 22.7 Å². The Balaban J connectivity index is 1.35. The molecular formula is C23H26N2O5S. The van der Waals surface area contributed by atoms with Gasteiger partial charge in [0.15, 0.2) is 17.3 Å². The molecule has 0 N–H and O–H groups in total. The zero-order valence-corrected chi connectivity index (χ0v) is 18.3. The molecule has 2 aromatic rings. The Bertz CT molecular complexity index is 1070. The van der Waals surface area contributed by atoms with Gasteiger partial charge in [-0.25, -0.2) is 8.42 Å². The number of rotatable bonds is 7. The van der Waals surface area contributed by atoms with Crippen LogP contribution in [0, 0.1) is 0 Å². The molecule has 0 spiro atoms. The van der Waals surface area contributed by atoms with Crippen molar-refractivity contribution in [3.05, 3.63) is 59.7 Å². The van der Waals surface area contributed by atoms with Crippen LogP contribution in [-0.2, 0) is 21.4 Å². The second kappa shape index (κ2) is 9.21. The summed E-state index contributed by atoms with van der Waals surface area (Å²) in [6.45, 7) is 5.00. The Kier molecular flexibility index (Phi) is 6.41. The number of ketones is 1. The number of nitrogens with zero attached hydrogens (tertiary/aromatic N) is 2. The van der Waals surface area contributed by atoms with Crippen molar-refractivity contribution >= 4 is 21.9 Å². The summed E-state index contributed by atoms with van der Waals surface area (Å²) in [5, 5.41) is 0. The van der Waals surface area contributed by atoms with Crippen LogP contribution in [0.3, 0.4) is 0 Å². The van der Waals surface area contributed by atoms with Gasteiger partial charge in [0.1, 0.15) is 0 Å². The summed E-state index contributed by atoms with van der Waals surface area (Å²) in [6.07, 6.45) is 3.67. The molecule has 4 rings (SSSR count). The quantitative estimate of drug-likeness (QED) is 0.614. The minimum atomic E-state index is -3.54. The smallest absolute Gasteiger partial charge is 0.243 e. The van der Waals surface area contributed by atoms with Crippen LogP contribution < -0.4 is 9.47 Å². The molecule has 0 saturated carbocycles. The van der Waals surface area contributed by atoms with Crippen molar-refractivity contribution in [2.75, 3.05) is 33.0 Å². The number of fused-ring (bicyclic) bond motifs is 1. The van der Waals surface area contributed by atoms with E-state index in [9.17, 15) is 13.2 Å². The second-order valence-corrected chi connectivity index (χ2v) is 9.53. The third kappa shape index (κ3) is 4.98. The largest absolute Gasteiger partial charge is 0.454 e. The van der Waals surface area contributed by atoms with Gasteiger partial charge in [0, 0.05) is 39.1 Å². The molecule has 0 aromatic heterocycles. The normalized spacial score (nSPS) is 17.3. The van der Waals surface area contributed by atoms with Crippen molar-refractivity contribution in [3.63, 3.8) is 0 Å². The van der Waals surface area contributed by atoms with E-state index < -0.39 is 10.0 Å². The van der Waals surface area contributed by atoms with Crippen LogP contribution in [-0.4, -0.2) is 56.4 Å². The molecule has 2 aliphatic heterocycles. The van der Waals surface area contributed by atoms with Gasteiger partial charge in [-0.15, -0.1) is 0 Å². The highest BCUT2D eigenvalue weighted by Crippen LogP contribution is 2.33. The highest BCUT2D eigenvalue weighted by Gasteiger charge is 2.28. The summed E-state index contributed by atoms with van der Waals surface area (Å²) in [4.78, 5) is 13.9. The summed E-state index contributed by atoms with van der Waals surface area (Å²) in [5.41, 5.74) is 1.92. The lowest BCUT2D eigenvalue weighted by atomic mass is 10.2. The van der Waals surface area contributed by atoms with Gasteiger partial charge in [-0.05, 0) is 41.5 Å². The zero-order valence-electron chi connectivity index (χ0n) is 17.5. The molecule has 0 unspecified atom stereocenters. The third-order valence-corrected chi connectivity index (χ3v) is 7.42. The van der Waals surface area contributed by atoms with E-state index in [4.69, 9.17) is 9.47 Å². The van der Waals surface area contributed by atoms with E-state index in [0.29, 0.717) is 32.6 Å². The number of carbonyl (C=O) groups is 1. The predicted octanol–water partition coefficient (Wildman–Crippen LogP) is 2.91. The van der Waals surface area contributed by atoms with Crippen LogP contribution >= 0.6 is 0 Å². The first-order chi connectivity index (χ1) is 15.0. The number of hydrogen-bond donors (Lipinski definition) is 0. The Morgan fingerprint density at radius 3 is 2.42 bits per heavy atom. The molecule has 164 valence electrons. The molecule has 31 heavy (non-hydrogen) atoms. The van der Waals surface area contributed by atoms with Gasteiger partial charge in [-0.3, -0.25) is 9.69 Å². The molecule has 0 amide bonds. The van der Waals surface area contributed by atoms with Gasteiger partial charge < -0.3 is 9.47 Å². The topological polar surface area (TPSA) is 76.2 Å². The van der Waals surface area contributed by atoms with Crippen LogP contribution in [0.2, 0.25) is 0 Å². The van der Waals surface area contributed by atoms with Gasteiger partial charge in [-0.2, -0.15) is 4.31 Å². The van der Waals surface area contributed by atoms with Gasteiger partial charge in [0.05, 0.1) is 4.90 Å². The Labute approximate surface area is 182 Å². The van der Waals surface area contributed by atoms with Crippen molar-refractivity contribution in [3.8, 4) is 11.5 Å². The van der Waals surface area contributed by atoms with Crippen LogP contribution in [0.15, 0.2) is 53.4 Å². The van der Waals surface area contributed by atoms with Crippen molar-refractivity contribution in [2.24, 2.45) is 0 Å². The second-order valence-electron chi connectivity index (χ2n) is 7.59. The van der Waals surface area contributed by atoms with E-state index in [1.54, 1.807) is 37.3 Å². The lowest BCUT2D eigenvalue weighted by molar-refractivity contribution is -0.114. The van der Waals surface area contributed by atoms with E-state index in [1.165, 1.54) is 10.4 Å².